The molecule has 2 heterocycles. The summed E-state index contributed by atoms with van der Waals surface area (Å²) in [5.41, 5.74) is 3.83. The van der Waals surface area contributed by atoms with Gasteiger partial charge in [-0.05, 0) is 19.1 Å². The van der Waals surface area contributed by atoms with E-state index < -0.39 is 17.8 Å². The van der Waals surface area contributed by atoms with Crippen molar-refractivity contribution >= 4 is 11.7 Å². The largest absolute Gasteiger partial charge is 0.444 e. The zero-order valence-electron chi connectivity index (χ0n) is 10.9. The van der Waals surface area contributed by atoms with Crippen LogP contribution in [0.15, 0.2) is 22.7 Å². The highest BCUT2D eigenvalue weighted by molar-refractivity contribution is 5.97. The average molecular weight is 300 g/mol. The smallest absolute Gasteiger partial charge is 0.433 e. The number of oxazole rings is 1. The van der Waals surface area contributed by atoms with Gasteiger partial charge < -0.3 is 15.5 Å². The standard InChI is InChI=1S/C12H11F3N4O2/c1-6-4-17-9(21-6)5-18-11-7(10(16)20)2-3-8(19-11)12(13,14)15/h2-4H,5H2,1H3,(H2,16,20)(H,18,19). The molecule has 0 saturated heterocycles. The van der Waals surface area contributed by atoms with Crippen LogP contribution >= 0.6 is 0 Å². The van der Waals surface area contributed by atoms with E-state index in [2.05, 4.69) is 15.3 Å². The Morgan fingerprint density at radius 1 is 1.43 bits per heavy atom. The fourth-order valence-electron chi connectivity index (χ4n) is 1.59. The molecule has 112 valence electrons. The summed E-state index contributed by atoms with van der Waals surface area (Å²) in [5, 5.41) is 2.57. The molecule has 2 aromatic heterocycles. The Morgan fingerprint density at radius 3 is 2.67 bits per heavy atom. The van der Waals surface area contributed by atoms with Crippen LogP contribution in [0.1, 0.15) is 27.7 Å². The number of primary amides is 1. The second-order valence-corrected chi connectivity index (χ2v) is 4.17. The molecule has 2 rings (SSSR count). The lowest BCUT2D eigenvalue weighted by molar-refractivity contribution is -0.141. The van der Waals surface area contributed by atoms with Gasteiger partial charge in [0.25, 0.3) is 5.91 Å². The lowest BCUT2D eigenvalue weighted by Crippen LogP contribution is -2.18. The van der Waals surface area contributed by atoms with E-state index in [4.69, 9.17) is 10.2 Å². The summed E-state index contributed by atoms with van der Waals surface area (Å²) >= 11 is 0. The second kappa shape index (κ2) is 5.43. The average Bonchev–Trinajstić information content (AvgIpc) is 2.80. The van der Waals surface area contributed by atoms with E-state index in [1.165, 1.54) is 6.20 Å². The number of hydrogen-bond acceptors (Lipinski definition) is 5. The maximum absolute atomic E-state index is 12.6. The number of rotatable bonds is 4. The Morgan fingerprint density at radius 2 is 2.14 bits per heavy atom. The van der Waals surface area contributed by atoms with Gasteiger partial charge in [0.1, 0.15) is 17.3 Å². The van der Waals surface area contributed by atoms with E-state index in [9.17, 15) is 18.0 Å². The Hall–Kier alpha value is -2.58. The Labute approximate surface area is 117 Å². The summed E-state index contributed by atoms with van der Waals surface area (Å²) in [4.78, 5) is 18.5. The maximum Gasteiger partial charge on any atom is 0.433 e. The zero-order chi connectivity index (χ0) is 15.6. The summed E-state index contributed by atoms with van der Waals surface area (Å²) in [7, 11) is 0. The third kappa shape index (κ3) is 3.50. The summed E-state index contributed by atoms with van der Waals surface area (Å²) in [6, 6.07) is 1.67. The number of anilines is 1. The van der Waals surface area contributed by atoms with Gasteiger partial charge in [-0.25, -0.2) is 9.97 Å². The van der Waals surface area contributed by atoms with Crippen molar-refractivity contribution in [2.45, 2.75) is 19.6 Å². The molecule has 6 nitrogen and oxygen atoms in total. The lowest BCUT2D eigenvalue weighted by atomic mass is 10.2. The number of carbonyl (C=O) groups is 1. The number of alkyl halides is 3. The molecule has 0 atom stereocenters. The van der Waals surface area contributed by atoms with Gasteiger partial charge in [0.2, 0.25) is 5.89 Å². The monoisotopic (exact) mass is 300 g/mol. The van der Waals surface area contributed by atoms with Crippen molar-refractivity contribution in [3.63, 3.8) is 0 Å². The molecule has 0 aromatic carbocycles. The SMILES string of the molecule is Cc1cnc(CNc2nc(C(F)(F)F)ccc2C(N)=O)o1. The minimum atomic E-state index is -4.62. The number of amides is 1. The van der Waals surface area contributed by atoms with Gasteiger partial charge in [-0.1, -0.05) is 0 Å². The van der Waals surface area contributed by atoms with Gasteiger partial charge >= 0.3 is 6.18 Å². The van der Waals surface area contributed by atoms with Crippen LogP contribution in [0.2, 0.25) is 0 Å². The number of halogens is 3. The first kappa shape index (κ1) is 14.8. The van der Waals surface area contributed by atoms with Crippen LogP contribution in [0.5, 0.6) is 0 Å². The molecule has 0 unspecified atom stereocenters. The van der Waals surface area contributed by atoms with E-state index in [0.717, 1.165) is 6.07 Å². The summed E-state index contributed by atoms with van der Waals surface area (Å²) in [6.07, 6.45) is -3.16. The molecule has 3 N–H and O–H groups in total. The highest BCUT2D eigenvalue weighted by Gasteiger charge is 2.33. The van der Waals surface area contributed by atoms with Gasteiger partial charge in [-0.2, -0.15) is 13.2 Å². The minimum Gasteiger partial charge on any atom is -0.444 e. The second-order valence-electron chi connectivity index (χ2n) is 4.17. The third-order valence-corrected chi connectivity index (χ3v) is 2.53. The fourth-order valence-corrected chi connectivity index (χ4v) is 1.59. The number of aromatic nitrogens is 2. The molecule has 0 radical (unpaired) electrons. The van der Waals surface area contributed by atoms with Crippen molar-refractivity contribution in [1.29, 1.82) is 0 Å². The van der Waals surface area contributed by atoms with Crippen LogP contribution in [0.25, 0.3) is 0 Å². The van der Waals surface area contributed by atoms with Crippen LogP contribution < -0.4 is 11.1 Å². The number of nitrogens with zero attached hydrogens (tertiary/aromatic N) is 2. The van der Waals surface area contributed by atoms with E-state index in [1.807, 2.05) is 0 Å². The van der Waals surface area contributed by atoms with E-state index in [0.29, 0.717) is 11.8 Å². The summed E-state index contributed by atoms with van der Waals surface area (Å²) in [6.45, 7) is 1.65. The number of carbonyl (C=O) groups excluding carboxylic acids is 1. The number of aryl methyl sites for hydroxylation is 1. The van der Waals surface area contributed by atoms with Gasteiger partial charge in [0, 0.05) is 0 Å². The van der Waals surface area contributed by atoms with Gasteiger partial charge in [0.15, 0.2) is 0 Å². The highest BCUT2D eigenvalue weighted by atomic mass is 19.4. The van der Waals surface area contributed by atoms with Crippen molar-refractivity contribution in [3.8, 4) is 0 Å². The van der Waals surface area contributed by atoms with Gasteiger partial charge in [-0.3, -0.25) is 4.79 Å². The molecule has 0 aliphatic carbocycles. The molecule has 0 bridgehead atoms. The first-order valence-corrected chi connectivity index (χ1v) is 5.80. The lowest BCUT2D eigenvalue weighted by Gasteiger charge is -2.11. The first-order chi connectivity index (χ1) is 9.77. The molecular formula is C12H11F3N4O2. The minimum absolute atomic E-state index is 0.0254. The molecule has 0 saturated carbocycles. The summed E-state index contributed by atoms with van der Waals surface area (Å²) < 4.78 is 43.1. The quantitative estimate of drug-likeness (QED) is 0.901. The highest BCUT2D eigenvalue weighted by Crippen LogP contribution is 2.29. The van der Waals surface area contributed by atoms with E-state index >= 15 is 0 Å². The first-order valence-electron chi connectivity index (χ1n) is 5.80. The summed E-state index contributed by atoms with van der Waals surface area (Å²) in [5.74, 6) is -0.350. The van der Waals surface area contributed by atoms with Crippen LogP contribution in [-0.4, -0.2) is 15.9 Å². The number of nitrogens with one attached hydrogen (secondary N) is 1. The van der Waals surface area contributed by atoms with Crippen molar-refractivity contribution in [1.82, 2.24) is 9.97 Å². The number of hydrogen-bond donors (Lipinski definition) is 2. The fraction of sp³-hybridized carbons (Fsp3) is 0.250. The third-order valence-electron chi connectivity index (χ3n) is 2.53. The predicted molar refractivity (Wildman–Crippen MR) is 66.3 cm³/mol. The number of nitrogens with two attached hydrogens (primary N) is 1. The van der Waals surface area contributed by atoms with Gasteiger partial charge in [-0.15, -0.1) is 0 Å². The zero-order valence-corrected chi connectivity index (χ0v) is 10.9. The molecule has 0 aliphatic rings. The predicted octanol–water partition coefficient (Wildman–Crippen LogP) is 2.11. The molecule has 0 spiro atoms. The van der Waals surface area contributed by atoms with Crippen LogP contribution in [0, 0.1) is 6.92 Å². The van der Waals surface area contributed by atoms with Crippen LogP contribution in [-0.2, 0) is 12.7 Å². The molecule has 0 fully saturated rings. The molecule has 9 heteroatoms. The van der Waals surface area contributed by atoms with Crippen LogP contribution in [0.4, 0.5) is 19.0 Å². The molecular weight excluding hydrogens is 289 g/mol. The van der Waals surface area contributed by atoms with Crippen molar-refractivity contribution in [2.24, 2.45) is 5.73 Å². The van der Waals surface area contributed by atoms with E-state index in [1.54, 1.807) is 6.92 Å². The van der Waals surface area contributed by atoms with Crippen LogP contribution in [0.3, 0.4) is 0 Å². The molecule has 0 aliphatic heterocycles. The Balaban J connectivity index is 2.28. The van der Waals surface area contributed by atoms with Crippen molar-refractivity contribution in [2.75, 3.05) is 5.32 Å². The molecule has 2 aromatic rings. The van der Waals surface area contributed by atoms with Crippen molar-refractivity contribution in [3.05, 3.63) is 41.2 Å². The normalized spacial score (nSPS) is 11.4. The van der Waals surface area contributed by atoms with E-state index in [-0.39, 0.29) is 23.8 Å². The molecule has 21 heavy (non-hydrogen) atoms. The Kier molecular flexibility index (Phi) is 3.83. The Bertz CT molecular complexity index is 667. The maximum atomic E-state index is 12.6. The van der Waals surface area contributed by atoms with Crippen molar-refractivity contribution < 1.29 is 22.4 Å². The van der Waals surface area contributed by atoms with Gasteiger partial charge in [0.05, 0.1) is 18.3 Å². The molecule has 1 amide bonds. The topological polar surface area (TPSA) is 94.0 Å². The number of pyridine rings is 1.